The second-order valence-electron chi connectivity index (χ2n) is 10.4. The van der Waals surface area contributed by atoms with Gasteiger partial charge < -0.3 is 10.4 Å². The molecule has 13 heteroatoms. The van der Waals surface area contributed by atoms with E-state index in [4.69, 9.17) is 31.6 Å². The largest absolute Gasteiger partial charge is 0.394 e. The maximum Gasteiger partial charge on any atom is 0.394 e. The molecule has 1 fully saturated rings. The van der Waals surface area contributed by atoms with Crippen LogP contribution in [-0.4, -0.2) is 47.5 Å². The van der Waals surface area contributed by atoms with Crippen molar-refractivity contribution >= 4 is 40.7 Å². The maximum absolute atomic E-state index is 13.3. The van der Waals surface area contributed by atoms with Crippen molar-refractivity contribution in [3.63, 3.8) is 0 Å². The number of hydrogen-bond donors (Lipinski definition) is 2. The lowest BCUT2D eigenvalue weighted by atomic mass is 9.79. The molecule has 7 nitrogen and oxygen atoms in total. The number of carbonyl (C=O) groups excluding carboxylic acids is 1. The maximum atomic E-state index is 13.3. The number of rotatable bonds is 7. The molecule has 0 aliphatic heterocycles. The molecule has 1 amide bonds. The van der Waals surface area contributed by atoms with Crippen molar-refractivity contribution in [3.8, 4) is 11.3 Å². The molecule has 1 aromatic heterocycles. The van der Waals surface area contributed by atoms with Gasteiger partial charge >= 0.3 is 17.7 Å². The zero-order valence-electron chi connectivity index (χ0n) is 21.6. The molecule has 1 aliphatic carbocycles. The Balaban J connectivity index is 0.00000161. The molecule has 2 aromatic rings. The van der Waals surface area contributed by atoms with E-state index < -0.39 is 34.7 Å². The van der Waals surface area contributed by atoms with Crippen LogP contribution in [0.3, 0.4) is 0 Å². The van der Waals surface area contributed by atoms with E-state index in [1.807, 2.05) is 6.92 Å². The van der Waals surface area contributed by atoms with Crippen LogP contribution in [0, 0.1) is 11.3 Å². The quantitative estimate of drug-likeness (QED) is 0.407. The molecule has 2 N–H and O–H groups in total. The number of nitrogens with zero attached hydrogens (tertiary/aromatic N) is 2. The van der Waals surface area contributed by atoms with Gasteiger partial charge in [0, 0.05) is 18.7 Å². The molecule has 3 rings (SSSR count). The van der Waals surface area contributed by atoms with Crippen LogP contribution >= 0.6 is 23.2 Å². The average molecular weight is 599 g/mol. The van der Waals surface area contributed by atoms with Gasteiger partial charge in [0.2, 0.25) is 0 Å². The number of hydrogen-bond acceptors (Lipinski definition) is 5. The number of alkyl halides is 3. The van der Waals surface area contributed by atoms with Crippen molar-refractivity contribution < 1.29 is 31.5 Å². The topological polar surface area (TPSA) is 101 Å². The van der Waals surface area contributed by atoms with Crippen molar-refractivity contribution in [1.82, 2.24) is 15.1 Å². The van der Waals surface area contributed by atoms with Gasteiger partial charge in [-0.25, -0.2) is 0 Å². The van der Waals surface area contributed by atoms with Crippen LogP contribution in [0.5, 0.6) is 0 Å². The molecule has 1 heterocycles. The van der Waals surface area contributed by atoms with Gasteiger partial charge in [-0.3, -0.25) is 9.48 Å². The third kappa shape index (κ3) is 7.80. The Morgan fingerprint density at radius 3 is 2.32 bits per heavy atom. The van der Waals surface area contributed by atoms with Gasteiger partial charge in [0.05, 0.1) is 26.8 Å². The number of benzene rings is 1. The molecular formula is C25H32Cl2F3N3O4S. The second-order valence-corrected chi connectivity index (χ2v) is 11.3. The lowest BCUT2D eigenvalue weighted by Crippen LogP contribution is -2.45. The minimum atomic E-state index is -4.35. The normalized spacial score (nSPS) is 19.9. The van der Waals surface area contributed by atoms with E-state index in [1.54, 1.807) is 12.1 Å². The van der Waals surface area contributed by atoms with Gasteiger partial charge in [-0.1, -0.05) is 56.1 Å². The Bertz CT molecular complexity index is 1170. The Kier molecular flexibility index (Phi) is 11.0. The summed E-state index contributed by atoms with van der Waals surface area (Å²) in [6.45, 7) is 6.76. The number of aliphatic hydroxyl groups is 1. The molecule has 212 valence electrons. The summed E-state index contributed by atoms with van der Waals surface area (Å²) in [6, 6.07) is 4.68. The standard InChI is InChI=1S/C25H32Cl2F3N3O2.O2S/c1-5-33-21(17-7-6-16(12-18(17)26)13-23(3,4)25(28,29)30)19(27)20(32-33)22(34)31-14-24(35)10-8-15(2)9-11-24;1-3-2/h6-7,12,15,35H,5,8-11,13-14H2,1-4H3,(H,31,34);. The summed E-state index contributed by atoms with van der Waals surface area (Å²) in [5.41, 5.74) is -1.53. The molecule has 38 heavy (non-hydrogen) atoms. The number of aromatic nitrogens is 2. The van der Waals surface area contributed by atoms with Crippen LogP contribution in [0.1, 0.15) is 69.4 Å². The fraction of sp³-hybridized carbons (Fsp3) is 0.600. The highest BCUT2D eigenvalue weighted by atomic mass is 35.5. The fourth-order valence-electron chi connectivity index (χ4n) is 4.35. The molecule has 0 bridgehead atoms. The van der Waals surface area contributed by atoms with Crippen LogP contribution in [0.15, 0.2) is 18.2 Å². The molecule has 0 unspecified atom stereocenters. The average Bonchev–Trinajstić information content (AvgIpc) is 3.15. The number of carbonyl (C=O) groups is 1. The number of aryl methyl sites for hydroxylation is 1. The SMILES string of the molecule is CCn1nc(C(=O)NCC2(O)CCC(C)CC2)c(Cl)c1-c1ccc(CC(C)(C)C(F)(F)F)cc1Cl.O=S=O. The molecule has 1 aromatic carbocycles. The summed E-state index contributed by atoms with van der Waals surface area (Å²) in [4.78, 5) is 12.9. The Morgan fingerprint density at radius 1 is 1.24 bits per heavy atom. The predicted octanol–water partition coefficient (Wildman–Crippen LogP) is 6.01. The summed E-state index contributed by atoms with van der Waals surface area (Å²) in [6.07, 6.45) is -1.55. The van der Waals surface area contributed by atoms with Crippen LogP contribution < -0.4 is 5.32 Å². The first kappa shape index (κ1) is 32.3. The van der Waals surface area contributed by atoms with Crippen molar-refractivity contribution in [2.45, 2.75) is 78.1 Å². The van der Waals surface area contributed by atoms with Gasteiger partial charge in [0.1, 0.15) is 0 Å². The first-order valence-corrected chi connectivity index (χ1v) is 13.6. The minimum absolute atomic E-state index is 0.00893. The zero-order chi connectivity index (χ0) is 28.9. The van der Waals surface area contributed by atoms with Gasteiger partial charge in [-0.05, 0) is 56.6 Å². The van der Waals surface area contributed by atoms with E-state index in [0.717, 1.165) is 26.7 Å². The number of amides is 1. The van der Waals surface area contributed by atoms with Crippen molar-refractivity contribution in [2.75, 3.05) is 6.54 Å². The molecule has 1 saturated carbocycles. The van der Waals surface area contributed by atoms with Crippen LogP contribution in [0.4, 0.5) is 13.2 Å². The van der Waals surface area contributed by atoms with E-state index in [9.17, 15) is 23.1 Å². The van der Waals surface area contributed by atoms with Gasteiger partial charge in [-0.2, -0.15) is 26.7 Å². The lowest BCUT2D eigenvalue weighted by molar-refractivity contribution is -0.211. The molecular weight excluding hydrogens is 566 g/mol. The van der Waals surface area contributed by atoms with Gasteiger partial charge in [0.15, 0.2) is 5.69 Å². The third-order valence-corrected chi connectivity index (χ3v) is 7.57. The van der Waals surface area contributed by atoms with Gasteiger partial charge in [0.25, 0.3) is 5.91 Å². The van der Waals surface area contributed by atoms with Crippen LogP contribution in [0.2, 0.25) is 10.0 Å². The van der Waals surface area contributed by atoms with Crippen molar-refractivity contribution in [3.05, 3.63) is 39.5 Å². The molecule has 1 aliphatic rings. The summed E-state index contributed by atoms with van der Waals surface area (Å²) in [5.74, 6) is 0.0501. The Labute approximate surface area is 233 Å². The van der Waals surface area contributed by atoms with E-state index in [-0.39, 0.29) is 28.7 Å². The summed E-state index contributed by atoms with van der Waals surface area (Å²) < 4.78 is 58.0. The number of nitrogens with one attached hydrogen (secondary N) is 1. The van der Waals surface area contributed by atoms with Crippen molar-refractivity contribution in [2.24, 2.45) is 11.3 Å². The van der Waals surface area contributed by atoms with E-state index in [2.05, 4.69) is 17.3 Å². The first-order valence-electron chi connectivity index (χ1n) is 12.1. The molecule has 0 saturated heterocycles. The fourth-order valence-corrected chi connectivity index (χ4v) is 4.96. The predicted molar refractivity (Wildman–Crippen MR) is 141 cm³/mol. The highest BCUT2D eigenvalue weighted by Gasteiger charge is 2.47. The first-order chi connectivity index (χ1) is 17.6. The van der Waals surface area contributed by atoms with Gasteiger partial charge in [-0.15, -0.1) is 0 Å². The lowest BCUT2D eigenvalue weighted by Gasteiger charge is -2.34. The molecule has 0 atom stereocenters. The number of halogens is 5. The minimum Gasteiger partial charge on any atom is -0.388 e. The third-order valence-electron chi connectivity index (χ3n) is 6.89. The van der Waals surface area contributed by atoms with Crippen LogP contribution in [-0.2, 0) is 24.5 Å². The Hall–Kier alpha value is -1.95. The molecule has 0 spiro atoms. The summed E-state index contributed by atoms with van der Waals surface area (Å²) in [5, 5.41) is 18.2. The highest BCUT2D eigenvalue weighted by Crippen LogP contribution is 2.42. The zero-order valence-corrected chi connectivity index (χ0v) is 24.0. The van der Waals surface area contributed by atoms with E-state index in [1.165, 1.54) is 10.7 Å². The Morgan fingerprint density at radius 2 is 1.82 bits per heavy atom. The second kappa shape index (κ2) is 12.9. The van der Waals surface area contributed by atoms with Crippen molar-refractivity contribution in [1.29, 1.82) is 0 Å². The smallest absolute Gasteiger partial charge is 0.388 e. The summed E-state index contributed by atoms with van der Waals surface area (Å²) in [7, 11) is 0. The highest BCUT2D eigenvalue weighted by molar-refractivity contribution is 7.51. The molecule has 0 radical (unpaired) electrons. The summed E-state index contributed by atoms with van der Waals surface area (Å²) >= 11 is 12.3. The van der Waals surface area contributed by atoms with Crippen LogP contribution in [0.25, 0.3) is 11.3 Å². The monoisotopic (exact) mass is 597 g/mol. The van der Waals surface area contributed by atoms with E-state index >= 15 is 0 Å². The van der Waals surface area contributed by atoms with E-state index in [0.29, 0.717) is 42.1 Å².